The van der Waals surface area contributed by atoms with Crippen molar-refractivity contribution in [1.82, 2.24) is 19.6 Å². The molecular weight excluding hydrogens is 434 g/mol. The molecule has 8 atom stereocenters. The van der Waals surface area contributed by atoms with Crippen molar-refractivity contribution >= 4 is 5.78 Å². The summed E-state index contributed by atoms with van der Waals surface area (Å²) in [4.78, 5) is 13.5. The van der Waals surface area contributed by atoms with E-state index in [1.807, 2.05) is 6.20 Å². The van der Waals surface area contributed by atoms with Crippen molar-refractivity contribution in [2.45, 2.75) is 84.7 Å². The Labute approximate surface area is 209 Å². The topological polar surface area (TPSA) is 76.5 Å². The zero-order chi connectivity index (χ0) is 24.4. The van der Waals surface area contributed by atoms with E-state index in [0.29, 0.717) is 35.3 Å². The van der Waals surface area contributed by atoms with Crippen LogP contribution in [0.5, 0.6) is 0 Å². The van der Waals surface area contributed by atoms with Crippen molar-refractivity contribution in [3.8, 4) is 6.07 Å². The summed E-state index contributed by atoms with van der Waals surface area (Å²) in [6.45, 7) is 7.63. The van der Waals surface area contributed by atoms with Gasteiger partial charge in [-0.25, -0.2) is 0 Å². The Morgan fingerprint density at radius 1 is 1.11 bits per heavy atom. The Morgan fingerprint density at radius 3 is 2.71 bits per heavy atom. The number of hydrogen-bond donors (Lipinski definition) is 0. The maximum atomic E-state index is 13.5. The van der Waals surface area contributed by atoms with Gasteiger partial charge in [0.15, 0.2) is 5.78 Å². The number of nitrogens with zero attached hydrogens (tertiary/aromatic N) is 5. The van der Waals surface area contributed by atoms with Crippen LogP contribution < -0.4 is 0 Å². The fourth-order valence-electron chi connectivity index (χ4n) is 9.54. The largest absolute Gasteiger partial charge is 0.297 e. The Hall–Kier alpha value is -2.42. The van der Waals surface area contributed by atoms with Gasteiger partial charge in [0.25, 0.3) is 0 Å². The summed E-state index contributed by atoms with van der Waals surface area (Å²) in [5.41, 5.74) is 0.995. The highest BCUT2D eigenvalue weighted by Crippen LogP contribution is 2.66. The van der Waals surface area contributed by atoms with E-state index in [-0.39, 0.29) is 11.3 Å². The quantitative estimate of drug-likeness (QED) is 0.573. The van der Waals surface area contributed by atoms with E-state index in [4.69, 9.17) is 10.4 Å². The molecule has 4 aliphatic carbocycles. The first kappa shape index (κ1) is 23.0. The minimum absolute atomic E-state index is 0.103. The second-order valence-corrected chi connectivity index (χ2v) is 13.2. The van der Waals surface area contributed by atoms with E-state index in [0.717, 1.165) is 36.5 Å². The number of nitriles is 1. The summed E-state index contributed by atoms with van der Waals surface area (Å²) < 4.78 is 3.95. The molecule has 0 amide bonds. The van der Waals surface area contributed by atoms with E-state index >= 15 is 0 Å². The summed E-state index contributed by atoms with van der Waals surface area (Å²) in [5, 5.41) is 18.1. The third-order valence-electron chi connectivity index (χ3n) is 10.8. The molecule has 0 spiro atoms. The molecule has 6 rings (SSSR count). The van der Waals surface area contributed by atoms with Crippen molar-refractivity contribution in [2.24, 2.45) is 46.3 Å². The Bertz CT molecular complexity index is 1130. The average Bonchev–Trinajstić information content (AvgIpc) is 3.57. The van der Waals surface area contributed by atoms with Gasteiger partial charge in [-0.1, -0.05) is 20.8 Å². The van der Waals surface area contributed by atoms with Crippen LogP contribution in [0, 0.1) is 57.7 Å². The van der Waals surface area contributed by atoms with Crippen molar-refractivity contribution in [1.29, 1.82) is 5.26 Å². The van der Waals surface area contributed by atoms with E-state index in [2.05, 4.69) is 48.9 Å². The minimum Gasteiger partial charge on any atom is -0.297 e. The fourth-order valence-corrected chi connectivity index (χ4v) is 9.54. The van der Waals surface area contributed by atoms with Gasteiger partial charge in [-0.05, 0) is 97.9 Å². The van der Waals surface area contributed by atoms with Crippen molar-refractivity contribution in [3.05, 3.63) is 36.4 Å². The molecule has 6 heteroatoms. The standard InChI is InChI=1S/C29H39N5O/c1-28(2)13-20-5-6-21-22(27(20)25(14-28)34-12-4-11-31-34)9-10-29(3)23(21)7-8-24(29)26(35)18-33-17-19(15-30)16-32-33/h4,11-12,16-17,20-25,27H,5-10,13-14,18H2,1-3H3/t20-,21-,22+,23+,24-,25?,27+,29+/m1/s1. The molecule has 2 aromatic heterocycles. The molecule has 4 saturated carbocycles. The lowest BCUT2D eigenvalue weighted by atomic mass is 9.47. The number of rotatable bonds is 4. The Morgan fingerprint density at radius 2 is 1.97 bits per heavy atom. The molecule has 6 nitrogen and oxygen atoms in total. The van der Waals surface area contributed by atoms with Gasteiger partial charge in [-0.3, -0.25) is 14.2 Å². The first-order valence-corrected chi connectivity index (χ1v) is 13.7. The monoisotopic (exact) mass is 473 g/mol. The number of carbonyl (C=O) groups is 1. The highest BCUT2D eigenvalue weighted by molar-refractivity contribution is 5.82. The van der Waals surface area contributed by atoms with Crippen LogP contribution in [0.1, 0.15) is 83.7 Å². The van der Waals surface area contributed by atoms with Gasteiger partial charge < -0.3 is 0 Å². The highest BCUT2D eigenvalue weighted by Gasteiger charge is 2.60. The van der Waals surface area contributed by atoms with Crippen LogP contribution in [0.3, 0.4) is 0 Å². The summed E-state index contributed by atoms with van der Waals surface area (Å²) in [6.07, 6.45) is 17.2. The molecule has 0 aromatic carbocycles. The summed E-state index contributed by atoms with van der Waals surface area (Å²) in [7, 11) is 0. The van der Waals surface area contributed by atoms with Gasteiger partial charge in [0.05, 0.1) is 24.3 Å². The lowest BCUT2D eigenvalue weighted by Gasteiger charge is -2.59. The first-order valence-electron chi connectivity index (χ1n) is 13.7. The number of ketones is 1. The summed E-state index contributed by atoms with van der Waals surface area (Å²) in [5.74, 6) is 4.09. The van der Waals surface area contributed by atoms with Gasteiger partial charge >= 0.3 is 0 Å². The molecule has 2 aromatic rings. The average molecular weight is 474 g/mol. The van der Waals surface area contributed by atoms with Gasteiger partial charge in [0.1, 0.15) is 6.07 Å². The van der Waals surface area contributed by atoms with Crippen LogP contribution in [0.25, 0.3) is 0 Å². The molecule has 0 radical (unpaired) electrons. The smallest absolute Gasteiger partial charge is 0.157 e. The van der Waals surface area contributed by atoms with Crippen molar-refractivity contribution in [3.63, 3.8) is 0 Å². The Balaban J connectivity index is 1.24. The molecule has 2 heterocycles. The molecule has 0 saturated heterocycles. The molecule has 4 aliphatic rings. The van der Waals surface area contributed by atoms with Crippen LogP contribution in [0.4, 0.5) is 0 Å². The van der Waals surface area contributed by atoms with Crippen LogP contribution in [0.2, 0.25) is 0 Å². The molecule has 186 valence electrons. The number of Topliss-reactive ketones (excluding diaryl/α,β-unsaturated/α-hetero) is 1. The maximum Gasteiger partial charge on any atom is 0.157 e. The van der Waals surface area contributed by atoms with Crippen LogP contribution in [0.15, 0.2) is 30.9 Å². The van der Waals surface area contributed by atoms with Gasteiger partial charge in [-0.2, -0.15) is 15.5 Å². The van der Waals surface area contributed by atoms with Gasteiger partial charge in [-0.15, -0.1) is 0 Å². The fraction of sp³-hybridized carbons (Fsp3) is 0.724. The summed E-state index contributed by atoms with van der Waals surface area (Å²) >= 11 is 0. The molecule has 35 heavy (non-hydrogen) atoms. The van der Waals surface area contributed by atoms with E-state index in [9.17, 15) is 4.79 Å². The van der Waals surface area contributed by atoms with Crippen LogP contribution >= 0.6 is 0 Å². The predicted octanol–water partition coefficient (Wildman–Crippen LogP) is 5.67. The molecule has 0 aliphatic heterocycles. The normalized spacial score (nSPS) is 39.8. The zero-order valence-corrected chi connectivity index (χ0v) is 21.4. The second kappa shape index (κ2) is 8.32. The zero-order valence-electron chi connectivity index (χ0n) is 21.4. The van der Waals surface area contributed by atoms with Crippen molar-refractivity contribution < 1.29 is 4.79 Å². The molecule has 0 bridgehead atoms. The third-order valence-corrected chi connectivity index (χ3v) is 10.8. The number of aromatic nitrogens is 4. The Kier molecular flexibility index (Phi) is 5.47. The molecule has 0 N–H and O–H groups in total. The van der Waals surface area contributed by atoms with E-state index in [1.165, 1.54) is 38.5 Å². The third kappa shape index (κ3) is 3.77. The minimum atomic E-state index is 0.103. The SMILES string of the molecule is CC1(C)CC(n2cccn2)[C@H]2[C@H](CC[C@@H]3[C@@H]2CC[C@]2(C)[C@@H](C(=O)Cn4cc(C#N)cn4)CC[C@@H]32)C1. The van der Waals surface area contributed by atoms with Crippen LogP contribution in [-0.4, -0.2) is 25.3 Å². The number of hydrogen-bond acceptors (Lipinski definition) is 4. The molecular formula is C29H39N5O. The predicted molar refractivity (Wildman–Crippen MR) is 133 cm³/mol. The lowest BCUT2D eigenvalue weighted by molar-refractivity contribution is -0.133. The molecule has 1 unspecified atom stereocenters. The first-order chi connectivity index (χ1) is 16.8. The van der Waals surface area contributed by atoms with Crippen molar-refractivity contribution in [2.75, 3.05) is 0 Å². The van der Waals surface area contributed by atoms with E-state index < -0.39 is 0 Å². The number of carbonyl (C=O) groups excluding carboxylic acids is 1. The van der Waals surface area contributed by atoms with Crippen LogP contribution in [-0.2, 0) is 11.3 Å². The highest BCUT2D eigenvalue weighted by atomic mass is 16.1. The second-order valence-electron chi connectivity index (χ2n) is 13.2. The van der Waals surface area contributed by atoms with E-state index in [1.54, 1.807) is 17.1 Å². The molecule has 4 fully saturated rings. The summed E-state index contributed by atoms with van der Waals surface area (Å²) in [6, 6.07) is 4.70. The lowest BCUT2D eigenvalue weighted by Crippen LogP contribution is -2.52. The number of fused-ring (bicyclic) bond motifs is 5. The van der Waals surface area contributed by atoms with Gasteiger partial charge in [0.2, 0.25) is 0 Å². The maximum absolute atomic E-state index is 13.5. The van der Waals surface area contributed by atoms with Gasteiger partial charge in [0, 0.05) is 24.5 Å².